The zero-order valence-corrected chi connectivity index (χ0v) is 14.1. The molecule has 1 fully saturated rings. The van der Waals surface area contributed by atoms with E-state index >= 15 is 0 Å². The largest absolute Gasteiger partial charge is 0.382 e. The highest BCUT2D eigenvalue weighted by atomic mass is 35.5. The lowest BCUT2D eigenvalue weighted by Crippen LogP contribution is -2.42. The standard InChI is InChI=1S/C16H15ClN2O4S/c17-11-5-6-13(19(22)23)12(8-11)15(20)18-9-16(21,10-3-4-10)14-2-1-7-24-14/h1-2,5-8,10,21H,3-4,9H2,(H,18,20). The number of halogens is 1. The van der Waals surface area contributed by atoms with Crippen LogP contribution in [0.3, 0.4) is 0 Å². The molecule has 1 heterocycles. The summed E-state index contributed by atoms with van der Waals surface area (Å²) in [7, 11) is 0. The minimum Gasteiger partial charge on any atom is -0.382 e. The zero-order valence-electron chi connectivity index (χ0n) is 12.6. The second-order valence-corrected chi connectivity index (χ2v) is 7.16. The van der Waals surface area contributed by atoms with Crippen molar-refractivity contribution in [3.63, 3.8) is 0 Å². The first kappa shape index (κ1) is 16.9. The van der Waals surface area contributed by atoms with Gasteiger partial charge in [0.1, 0.15) is 11.2 Å². The van der Waals surface area contributed by atoms with Crippen molar-refractivity contribution in [3.05, 3.63) is 61.3 Å². The van der Waals surface area contributed by atoms with Gasteiger partial charge in [-0.3, -0.25) is 14.9 Å². The maximum Gasteiger partial charge on any atom is 0.282 e. The van der Waals surface area contributed by atoms with E-state index in [0.717, 1.165) is 17.7 Å². The molecule has 2 aromatic rings. The van der Waals surface area contributed by atoms with E-state index in [1.807, 2.05) is 17.5 Å². The van der Waals surface area contributed by atoms with Crippen LogP contribution in [0.5, 0.6) is 0 Å². The summed E-state index contributed by atoms with van der Waals surface area (Å²) in [4.78, 5) is 23.6. The molecule has 0 aliphatic heterocycles. The molecular weight excluding hydrogens is 352 g/mol. The van der Waals surface area contributed by atoms with Gasteiger partial charge in [0.25, 0.3) is 11.6 Å². The summed E-state index contributed by atoms with van der Waals surface area (Å²) >= 11 is 7.27. The van der Waals surface area contributed by atoms with Crippen LogP contribution in [0.4, 0.5) is 5.69 Å². The molecular formula is C16H15ClN2O4S. The molecule has 24 heavy (non-hydrogen) atoms. The number of carbonyl (C=O) groups is 1. The van der Waals surface area contributed by atoms with Crippen LogP contribution in [0.25, 0.3) is 0 Å². The Morgan fingerprint density at radius 2 is 2.21 bits per heavy atom. The molecule has 1 unspecified atom stereocenters. The lowest BCUT2D eigenvalue weighted by Gasteiger charge is -2.27. The average Bonchev–Trinajstić information content (AvgIpc) is 3.27. The zero-order chi connectivity index (χ0) is 17.3. The van der Waals surface area contributed by atoms with Crippen molar-refractivity contribution < 1.29 is 14.8 Å². The van der Waals surface area contributed by atoms with Gasteiger partial charge in [0, 0.05) is 16.0 Å². The maximum atomic E-state index is 12.4. The smallest absolute Gasteiger partial charge is 0.282 e. The van der Waals surface area contributed by atoms with Crippen molar-refractivity contribution >= 4 is 34.5 Å². The molecule has 1 aliphatic rings. The van der Waals surface area contributed by atoms with Crippen LogP contribution < -0.4 is 5.32 Å². The lowest BCUT2D eigenvalue weighted by molar-refractivity contribution is -0.385. The van der Waals surface area contributed by atoms with Gasteiger partial charge in [-0.1, -0.05) is 17.7 Å². The van der Waals surface area contributed by atoms with Crippen LogP contribution in [0.15, 0.2) is 35.7 Å². The Morgan fingerprint density at radius 1 is 1.46 bits per heavy atom. The maximum absolute atomic E-state index is 12.4. The first-order valence-corrected chi connectivity index (χ1v) is 8.66. The molecule has 126 valence electrons. The number of hydrogen-bond acceptors (Lipinski definition) is 5. The Kier molecular flexibility index (Phi) is 4.58. The summed E-state index contributed by atoms with van der Waals surface area (Å²) in [6, 6.07) is 7.50. The van der Waals surface area contributed by atoms with E-state index in [0.29, 0.717) is 0 Å². The molecule has 2 N–H and O–H groups in total. The number of nitro benzene ring substituents is 1. The highest BCUT2D eigenvalue weighted by Crippen LogP contribution is 2.46. The van der Waals surface area contributed by atoms with Crippen molar-refractivity contribution in [1.82, 2.24) is 5.32 Å². The minimum atomic E-state index is -1.14. The van der Waals surface area contributed by atoms with Gasteiger partial charge >= 0.3 is 0 Å². The van der Waals surface area contributed by atoms with E-state index in [-0.39, 0.29) is 28.7 Å². The predicted octanol–water partition coefficient (Wildman–Crippen LogP) is 3.34. The molecule has 6 nitrogen and oxygen atoms in total. The van der Waals surface area contributed by atoms with Crippen molar-refractivity contribution in [2.75, 3.05) is 6.54 Å². The molecule has 1 aromatic carbocycles. The summed E-state index contributed by atoms with van der Waals surface area (Å²) < 4.78 is 0. The van der Waals surface area contributed by atoms with E-state index in [4.69, 9.17) is 11.6 Å². The Labute approximate surface area is 147 Å². The van der Waals surface area contributed by atoms with E-state index in [1.165, 1.54) is 29.5 Å². The number of benzene rings is 1. The third kappa shape index (κ3) is 3.28. The average molecular weight is 367 g/mol. The van der Waals surface area contributed by atoms with Crippen LogP contribution in [0.2, 0.25) is 5.02 Å². The number of thiophene rings is 1. The van der Waals surface area contributed by atoms with Gasteiger partial charge in [0.2, 0.25) is 0 Å². The molecule has 1 amide bonds. The first-order valence-electron chi connectivity index (χ1n) is 7.40. The summed E-state index contributed by atoms with van der Waals surface area (Å²) in [5, 5.41) is 26.8. The topological polar surface area (TPSA) is 92.5 Å². The van der Waals surface area contributed by atoms with Crippen molar-refractivity contribution in [2.45, 2.75) is 18.4 Å². The van der Waals surface area contributed by atoms with Crippen molar-refractivity contribution in [1.29, 1.82) is 0 Å². The van der Waals surface area contributed by atoms with Crippen molar-refractivity contribution in [2.24, 2.45) is 5.92 Å². The molecule has 8 heteroatoms. The minimum absolute atomic E-state index is 0.000676. The summed E-state index contributed by atoms with van der Waals surface area (Å²) in [6.45, 7) is 0.000676. The van der Waals surface area contributed by atoms with Crippen LogP contribution in [0, 0.1) is 16.0 Å². The van der Waals surface area contributed by atoms with Gasteiger partial charge in [0.15, 0.2) is 0 Å². The fourth-order valence-electron chi connectivity index (χ4n) is 2.68. The Morgan fingerprint density at radius 3 is 2.79 bits per heavy atom. The number of nitro groups is 1. The molecule has 1 aliphatic carbocycles. The lowest BCUT2D eigenvalue weighted by atomic mass is 9.95. The third-order valence-electron chi connectivity index (χ3n) is 4.12. The first-order chi connectivity index (χ1) is 11.4. The molecule has 0 saturated heterocycles. The second kappa shape index (κ2) is 6.51. The fraction of sp³-hybridized carbons (Fsp3) is 0.312. The number of carbonyl (C=O) groups excluding carboxylic acids is 1. The Hall–Kier alpha value is -1.96. The van der Waals surface area contributed by atoms with Crippen LogP contribution in [-0.2, 0) is 5.60 Å². The Bertz CT molecular complexity index is 776. The number of aliphatic hydroxyl groups is 1. The van der Waals surface area contributed by atoms with Gasteiger partial charge in [-0.25, -0.2) is 0 Å². The SMILES string of the molecule is O=C(NCC(O)(c1cccs1)C1CC1)c1cc(Cl)ccc1[N+](=O)[O-]. The fourth-order valence-corrected chi connectivity index (χ4v) is 3.75. The van der Waals surface area contributed by atoms with Crippen LogP contribution in [0.1, 0.15) is 28.1 Å². The normalized spacial score (nSPS) is 16.4. The Balaban J connectivity index is 1.80. The van der Waals surface area contributed by atoms with Crippen LogP contribution >= 0.6 is 22.9 Å². The van der Waals surface area contributed by atoms with Gasteiger partial charge < -0.3 is 10.4 Å². The quantitative estimate of drug-likeness (QED) is 0.605. The van der Waals surface area contributed by atoms with Gasteiger partial charge in [0.05, 0.1) is 11.5 Å². The molecule has 1 saturated carbocycles. The van der Waals surface area contributed by atoms with Gasteiger partial charge in [-0.05, 0) is 42.3 Å². The number of nitrogens with zero attached hydrogens (tertiary/aromatic N) is 1. The van der Waals surface area contributed by atoms with E-state index in [2.05, 4.69) is 5.32 Å². The molecule has 0 radical (unpaired) electrons. The summed E-state index contributed by atoms with van der Waals surface area (Å²) in [6.07, 6.45) is 1.78. The van der Waals surface area contributed by atoms with Crippen LogP contribution in [-0.4, -0.2) is 22.5 Å². The molecule has 1 atom stereocenters. The molecule has 1 aromatic heterocycles. The number of amides is 1. The van der Waals surface area contributed by atoms with Gasteiger partial charge in [-0.15, -0.1) is 11.3 Å². The van der Waals surface area contributed by atoms with E-state index in [9.17, 15) is 20.0 Å². The highest BCUT2D eigenvalue weighted by molar-refractivity contribution is 7.10. The predicted molar refractivity (Wildman–Crippen MR) is 91.4 cm³/mol. The summed E-state index contributed by atoms with van der Waals surface area (Å²) in [5.41, 5.74) is -1.57. The van der Waals surface area contributed by atoms with Crippen molar-refractivity contribution in [3.8, 4) is 0 Å². The second-order valence-electron chi connectivity index (χ2n) is 5.78. The van der Waals surface area contributed by atoms with E-state index < -0.39 is 16.4 Å². The highest BCUT2D eigenvalue weighted by Gasteiger charge is 2.46. The monoisotopic (exact) mass is 366 g/mol. The van der Waals surface area contributed by atoms with E-state index in [1.54, 1.807) is 0 Å². The molecule has 0 spiro atoms. The van der Waals surface area contributed by atoms with Gasteiger partial charge in [-0.2, -0.15) is 0 Å². The summed E-state index contributed by atoms with van der Waals surface area (Å²) in [5.74, 6) is -0.536. The third-order valence-corrected chi connectivity index (χ3v) is 5.39. The number of nitrogens with one attached hydrogen (secondary N) is 1. The molecule has 0 bridgehead atoms. The number of hydrogen-bond donors (Lipinski definition) is 2. The molecule has 3 rings (SSSR count). The number of rotatable bonds is 6.